The number of urea groups is 1. The zero-order chi connectivity index (χ0) is 12.1. The number of hydrogen-bond donors (Lipinski definition) is 2. The van der Waals surface area contributed by atoms with E-state index in [0.717, 1.165) is 25.9 Å². The van der Waals surface area contributed by atoms with Crippen molar-refractivity contribution in [1.82, 2.24) is 15.5 Å². The third-order valence-electron chi connectivity index (χ3n) is 3.94. The van der Waals surface area contributed by atoms with Crippen molar-refractivity contribution in [1.29, 1.82) is 0 Å². The Morgan fingerprint density at radius 3 is 2.59 bits per heavy atom. The zero-order valence-corrected chi connectivity index (χ0v) is 10.9. The van der Waals surface area contributed by atoms with Gasteiger partial charge in [0.05, 0.1) is 0 Å². The zero-order valence-electron chi connectivity index (χ0n) is 10.9. The summed E-state index contributed by atoms with van der Waals surface area (Å²) in [5, 5.41) is 6.60. The SMILES string of the molecule is CN(CC1CCCCN1)C(=O)NC1CCCC1. The third kappa shape index (κ3) is 3.87. The van der Waals surface area contributed by atoms with E-state index in [4.69, 9.17) is 0 Å². The summed E-state index contributed by atoms with van der Waals surface area (Å²) < 4.78 is 0. The number of amides is 2. The largest absolute Gasteiger partial charge is 0.335 e. The second-order valence-corrected chi connectivity index (χ2v) is 5.46. The van der Waals surface area contributed by atoms with Gasteiger partial charge in [0, 0.05) is 25.7 Å². The van der Waals surface area contributed by atoms with Gasteiger partial charge in [0.1, 0.15) is 0 Å². The average Bonchev–Trinajstić information content (AvgIpc) is 2.83. The predicted molar refractivity (Wildman–Crippen MR) is 69.1 cm³/mol. The second-order valence-electron chi connectivity index (χ2n) is 5.46. The minimum atomic E-state index is 0.101. The molecule has 4 heteroatoms. The summed E-state index contributed by atoms with van der Waals surface area (Å²) in [7, 11) is 1.90. The summed E-state index contributed by atoms with van der Waals surface area (Å²) in [4.78, 5) is 13.8. The van der Waals surface area contributed by atoms with Crippen LogP contribution in [0.15, 0.2) is 0 Å². The van der Waals surface area contributed by atoms with Crippen molar-refractivity contribution in [3.63, 3.8) is 0 Å². The molecule has 1 saturated carbocycles. The van der Waals surface area contributed by atoms with E-state index in [2.05, 4.69) is 10.6 Å². The van der Waals surface area contributed by atoms with Gasteiger partial charge < -0.3 is 15.5 Å². The quantitative estimate of drug-likeness (QED) is 0.787. The summed E-state index contributed by atoms with van der Waals surface area (Å²) in [6, 6.07) is 1.01. The molecule has 1 unspecified atom stereocenters. The molecule has 1 heterocycles. The van der Waals surface area contributed by atoms with E-state index in [1.807, 2.05) is 11.9 Å². The Bertz CT molecular complexity index is 245. The highest BCUT2D eigenvalue weighted by Crippen LogP contribution is 2.17. The molecule has 4 nitrogen and oxygen atoms in total. The van der Waals surface area contributed by atoms with Crippen molar-refractivity contribution < 1.29 is 4.79 Å². The molecule has 1 aliphatic heterocycles. The molecule has 0 spiro atoms. The van der Waals surface area contributed by atoms with Gasteiger partial charge in [0.15, 0.2) is 0 Å². The van der Waals surface area contributed by atoms with Crippen LogP contribution >= 0.6 is 0 Å². The van der Waals surface area contributed by atoms with Crippen molar-refractivity contribution in [3.05, 3.63) is 0 Å². The number of carbonyl (C=O) groups is 1. The van der Waals surface area contributed by atoms with E-state index >= 15 is 0 Å². The summed E-state index contributed by atoms with van der Waals surface area (Å²) in [6.07, 6.45) is 8.59. The summed E-state index contributed by atoms with van der Waals surface area (Å²) in [6.45, 7) is 1.93. The van der Waals surface area contributed by atoms with Crippen LogP contribution in [0.25, 0.3) is 0 Å². The van der Waals surface area contributed by atoms with Crippen molar-refractivity contribution in [2.45, 2.75) is 57.0 Å². The Hall–Kier alpha value is -0.770. The molecule has 2 amide bonds. The van der Waals surface area contributed by atoms with Crippen LogP contribution in [0.1, 0.15) is 44.9 Å². The van der Waals surface area contributed by atoms with Gasteiger partial charge in [-0.15, -0.1) is 0 Å². The number of nitrogens with zero attached hydrogens (tertiary/aromatic N) is 1. The lowest BCUT2D eigenvalue weighted by molar-refractivity contribution is 0.195. The van der Waals surface area contributed by atoms with Gasteiger partial charge in [-0.05, 0) is 32.2 Å². The number of carbonyl (C=O) groups excluding carboxylic acids is 1. The fraction of sp³-hybridized carbons (Fsp3) is 0.923. The van der Waals surface area contributed by atoms with E-state index < -0.39 is 0 Å². The van der Waals surface area contributed by atoms with Gasteiger partial charge >= 0.3 is 6.03 Å². The van der Waals surface area contributed by atoms with Crippen LogP contribution in [0.5, 0.6) is 0 Å². The maximum atomic E-state index is 12.0. The van der Waals surface area contributed by atoms with Crippen molar-refractivity contribution >= 4 is 6.03 Å². The third-order valence-corrected chi connectivity index (χ3v) is 3.94. The highest BCUT2D eigenvalue weighted by Gasteiger charge is 2.21. The van der Waals surface area contributed by atoms with E-state index in [1.165, 1.54) is 32.1 Å². The smallest absolute Gasteiger partial charge is 0.317 e. The lowest BCUT2D eigenvalue weighted by Crippen LogP contribution is -2.48. The Kier molecular flexibility index (Phi) is 4.66. The second kappa shape index (κ2) is 6.24. The molecule has 1 aliphatic carbocycles. The van der Waals surface area contributed by atoms with E-state index in [-0.39, 0.29) is 6.03 Å². The number of rotatable bonds is 3. The maximum absolute atomic E-state index is 12.0. The van der Waals surface area contributed by atoms with E-state index in [0.29, 0.717) is 12.1 Å². The standard InChI is InChI=1S/C13H25N3O/c1-16(10-12-8-4-5-9-14-12)13(17)15-11-6-2-3-7-11/h11-12,14H,2-10H2,1H3,(H,15,17). The normalized spacial score (nSPS) is 25.8. The molecular formula is C13H25N3O. The lowest BCUT2D eigenvalue weighted by atomic mass is 10.0. The Morgan fingerprint density at radius 2 is 1.94 bits per heavy atom. The molecule has 0 radical (unpaired) electrons. The molecule has 17 heavy (non-hydrogen) atoms. The number of likely N-dealkylation sites (N-methyl/N-ethyl adjacent to an activating group) is 1. The van der Waals surface area contributed by atoms with Crippen LogP contribution < -0.4 is 10.6 Å². The van der Waals surface area contributed by atoms with Gasteiger partial charge in [-0.2, -0.15) is 0 Å². The molecule has 0 bridgehead atoms. The molecule has 2 aliphatic rings. The van der Waals surface area contributed by atoms with Crippen LogP contribution in [-0.4, -0.2) is 43.2 Å². The first-order valence-corrected chi connectivity index (χ1v) is 7.01. The Balaban J connectivity index is 1.70. The maximum Gasteiger partial charge on any atom is 0.317 e. The molecule has 1 saturated heterocycles. The van der Waals surface area contributed by atoms with Gasteiger partial charge in [0.25, 0.3) is 0 Å². The molecule has 2 rings (SSSR count). The molecule has 98 valence electrons. The first-order valence-electron chi connectivity index (χ1n) is 7.01. The number of nitrogens with one attached hydrogen (secondary N) is 2. The van der Waals surface area contributed by atoms with Crippen LogP contribution in [-0.2, 0) is 0 Å². The fourth-order valence-electron chi connectivity index (χ4n) is 2.85. The van der Waals surface area contributed by atoms with Crippen molar-refractivity contribution in [2.24, 2.45) is 0 Å². The lowest BCUT2D eigenvalue weighted by Gasteiger charge is -2.29. The Labute approximate surface area is 104 Å². The molecule has 0 aromatic rings. The minimum absolute atomic E-state index is 0.101. The van der Waals surface area contributed by atoms with Gasteiger partial charge in [0.2, 0.25) is 0 Å². The number of hydrogen-bond acceptors (Lipinski definition) is 2. The van der Waals surface area contributed by atoms with Crippen molar-refractivity contribution in [3.8, 4) is 0 Å². The topological polar surface area (TPSA) is 44.4 Å². The number of piperidine rings is 1. The molecular weight excluding hydrogens is 214 g/mol. The monoisotopic (exact) mass is 239 g/mol. The summed E-state index contributed by atoms with van der Waals surface area (Å²) >= 11 is 0. The first-order chi connectivity index (χ1) is 8.25. The first kappa shape index (κ1) is 12.7. The molecule has 0 aromatic heterocycles. The van der Waals surface area contributed by atoms with Gasteiger partial charge in [-0.3, -0.25) is 0 Å². The van der Waals surface area contributed by atoms with Crippen LogP contribution in [0, 0.1) is 0 Å². The van der Waals surface area contributed by atoms with Crippen LogP contribution in [0.3, 0.4) is 0 Å². The van der Waals surface area contributed by atoms with Gasteiger partial charge in [-0.25, -0.2) is 4.79 Å². The molecule has 0 aromatic carbocycles. The predicted octanol–water partition coefficient (Wildman–Crippen LogP) is 1.71. The van der Waals surface area contributed by atoms with E-state index in [9.17, 15) is 4.79 Å². The minimum Gasteiger partial charge on any atom is -0.335 e. The molecule has 2 N–H and O–H groups in total. The summed E-state index contributed by atoms with van der Waals surface area (Å²) in [5.41, 5.74) is 0. The highest BCUT2D eigenvalue weighted by molar-refractivity contribution is 5.74. The summed E-state index contributed by atoms with van der Waals surface area (Å²) in [5.74, 6) is 0. The highest BCUT2D eigenvalue weighted by atomic mass is 16.2. The van der Waals surface area contributed by atoms with E-state index in [1.54, 1.807) is 0 Å². The van der Waals surface area contributed by atoms with Crippen LogP contribution in [0.4, 0.5) is 4.79 Å². The Morgan fingerprint density at radius 1 is 1.24 bits per heavy atom. The average molecular weight is 239 g/mol. The molecule has 1 atom stereocenters. The van der Waals surface area contributed by atoms with Crippen LogP contribution in [0.2, 0.25) is 0 Å². The van der Waals surface area contributed by atoms with Crippen molar-refractivity contribution in [2.75, 3.05) is 20.1 Å². The molecule has 2 fully saturated rings. The fourth-order valence-corrected chi connectivity index (χ4v) is 2.85. The van der Waals surface area contributed by atoms with Gasteiger partial charge in [-0.1, -0.05) is 19.3 Å².